The van der Waals surface area contributed by atoms with Gasteiger partial charge in [-0.05, 0) is 13.3 Å². The van der Waals surface area contributed by atoms with Gasteiger partial charge in [0, 0.05) is 5.57 Å². The van der Waals surface area contributed by atoms with Crippen LogP contribution in [0.1, 0.15) is 13.3 Å². The Balaban J connectivity index is 3.68. The molecule has 0 aliphatic rings. The summed E-state index contributed by atoms with van der Waals surface area (Å²) in [5.41, 5.74) is 0.750. The van der Waals surface area contributed by atoms with Crippen LogP contribution in [0.25, 0.3) is 0 Å². The first-order valence-corrected chi connectivity index (χ1v) is 2.23. The minimum absolute atomic E-state index is 0.750. The number of nitrogens with zero attached hydrogens (tertiary/aromatic N) is 1. The first-order chi connectivity index (χ1) is 3.35. The minimum atomic E-state index is 0.750. The lowest BCUT2D eigenvalue weighted by Gasteiger charge is -1.81. The van der Waals surface area contributed by atoms with Crippen molar-refractivity contribution in [1.82, 2.24) is 0 Å². The Labute approximate surface area is 44.3 Å². The first-order valence-electron chi connectivity index (χ1n) is 2.23. The van der Waals surface area contributed by atoms with Crippen LogP contribution in [-0.4, -0.2) is 0 Å². The zero-order chi connectivity index (χ0) is 5.70. The second kappa shape index (κ2) is 3.42. The van der Waals surface area contributed by atoms with Gasteiger partial charge in [-0.1, -0.05) is 13.0 Å². The third-order valence-electron chi connectivity index (χ3n) is 0.771. The third-order valence-corrected chi connectivity index (χ3v) is 0.771. The summed E-state index contributed by atoms with van der Waals surface area (Å²) < 4.78 is 0. The third kappa shape index (κ3) is 1.99. The zero-order valence-corrected chi connectivity index (χ0v) is 4.44. The van der Waals surface area contributed by atoms with Crippen LogP contribution in [0.3, 0.4) is 0 Å². The molecule has 0 aliphatic carbocycles. The molecule has 0 bridgehead atoms. The molecule has 0 amide bonds. The molecule has 0 saturated heterocycles. The van der Waals surface area contributed by atoms with Crippen molar-refractivity contribution >= 4 is 0 Å². The van der Waals surface area contributed by atoms with E-state index in [1.807, 2.05) is 13.0 Å². The summed E-state index contributed by atoms with van der Waals surface area (Å²) in [5.74, 6) is 0. The van der Waals surface area contributed by atoms with Crippen LogP contribution in [0.4, 0.5) is 0 Å². The van der Waals surface area contributed by atoms with Gasteiger partial charge in [0.15, 0.2) is 0 Å². The van der Waals surface area contributed by atoms with Gasteiger partial charge in [0.25, 0.3) is 0 Å². The van der Waals surface area contributed by atoms with Gasteiger partial charge in [-0.15, -0.1) is 0 Å². The van der Waals surface area contributed by atoms with Gasteiger partial charge in [0.05, 0.1) is 6.07 Å². The predicted octanol–water partition coefficient (Wildman–Crippen LogP) is 1.68. The smallest absolute Gasteiger partial charge is 0.0943 e. The van der Waals surface area contributed by atoms with Crippen LogP contribution in [0.15, 0.2) is 11.6 Å². The lowest BCUT2D eigenvalue weighted by molar-refractivity contribution is 1.15. The van der Waals surface area contributed by atoms with E-state index in [1.165, 1.54) is 0 Å². The molecule has 37 valence electrons. The van der Waals surface area contributed by atoms with Crippen molar-refractivity contribution in [3.05, 3.63) is 18.6 Å². The Kier molecular flexibility index (Phi) is 3.04. The molecule has 1 radical (unpaired) electrons. The molecule has 0 saturated carbocycles. The number of allylic oxidation sites excluding steroid dienone is 2. The van der Waals surface area contributed by atoms with Crippen molar-refractivity contribution in [2.45, 2.75) is 13.3 Å². The minimum Gasteiger partial charge on any atom is -0.193 e. The Morgan fingerprint density at radius 1 is 2.00 bits per heavy atom. The van der Waals surface area contributed by atoms with Gasteiger partial charge >= 0.3 is 0 Å². The standard InChI is InChI=1S/C6H8N/c1-3-6(4-2)5-7/h3H,1,4H2,2H3. The molecule has 1 heteroatoms. The van der Waals surface area contributed by atoms with E-state index < -0.39 is 0 Å². The largest absolute Gasteiger partial charge is 0.193 e. The number of rotatable bonds is 1. The maximum atomic E-state index is 8.17. The summed E-state index contributed by atoms with van der Waals surface area (Å²) in [7, 11) is 0. The van der Waals surface area contributed by atoms with Crippen LogP contribution in [0, 0.1) is 18.3 Å². The quantitative estimate of drug-likeness (QED) is 0.453. The second-order valence-electron chi connectivity index (χ2n) is 1.19. The van der Waals surface area contributed by atoms with Crippen LogP contribution in [-0.2, 0) is 0 Å². The van der Waals surface area contributed by atoms with Crippen molar-refractivity contribution in [2.75, 3.05) is 0 Å². The van der Waals surface area contributed by atoms with Crippen molar-refractivity contribution < 1.29 is 0 Å². The molecule has 0 heterocycles. The van der Waals surface area contributed by atoms with E-state index >= 15 is 0 Å². The van der Waals surface area contributed by atoms with Gasteiger partial charge in [0.1, 0.15) is 0 Å². The fourth-order valence-electron chi connectivity index (χ4n) is 0.269. The van der Waals surface area contributed by atoms with E-state index in [0.717, 1.165) is 12.0 Å². The summed E-state index contributed by atoms with van der Waals surface area (Å²) in [6.07, 6.45) is 2.38. The van der Waals surface area contributed by atoms with Gasteiger partial charge in [0.2, 0.25) is 0 Å². The maximum Gasteiger partial charge on any atom is 0.0943 e. The van der Waals surface area contributed by atoms with E-state index in [0.29, 0.717) is 0 Å². The van der Waals surface area contributed by atoms with Crippen LogP contribution in [0.2, 0.25) is 0 Å². The van der Waals surface area contributed by atoms with E-state index in [-0.39, 0.29) is 0 Å². The average molecular weight is 94.1 g/mol. The molecule has 0 N–H and O–H groups in total. The Hall–Kier alpha value is -0.770. The molecule has 0 atom stereocenters. The van der Waals surface area contributed by atoms with Gasteiger partial charge < -0.3 is 0 Å². The number of hydrogen-bond acceptors (Lipinski definition) is 1. The van der Waals surface area contributed by atoms with Crippen molar-refractivity contribution in [3.63, 3.8) is 0 Å². The summed E-state index contributed by atoms with van der Waals surface area (Å²) in [6.45, 7) is 5.37. The predicted molar refractivity (Wildman–Crippen MR) is 29.3 cm³/mol. The van der Waals surface area contributed by atoms with Gasteiger partial charge in [-0.25, -0.2) is 0 Å². The maximum absolute atomic E-state index is 8.17. The highest BCUT2D eigenvalue weighted by Crippen LogP contribution is 1.94. The van der Waals surface area contributed by atoms with E-state index in [1.54, 1.807) is 6.08 Å². The Morgan fingerprint density at radius 3 is 2.57 bits per heavy atom. The SMILES string of the molecule is [CH2]C=C(C#N)CC. The monoisotopic (exact) mass is 94.1 g/mol. The molecule has 0 aromatic rings. The second-order valence-corrected chi connectivity index (χ2v) is 1.19. The van der Waals surface area contributed by atoms with Crippen LogP contribution < -0.4 is 0 Å². The van der Waals surface area contributed by atoms with Gasteiger partial charge in [-0.2, -0.15) is 5.26 Å². The summed E-state index contributed by atoms with van der Waals surface area (Å²) in [4.78, 5) is 0. The molecule has 0 rings (SSSR count). The average Bonchev–Trinajstić information content (AvgIpc) is 1.72. The van der Waals surface area contributed by atoms with E-state index in [9.17, 15) is 0 Å². The summed E-state index contributed by atoms with van der Waals surface area (Å²) in [6, 6.07) is 2.00. The van der Waals surface area contributed by atoms with Crippen LogP contribution >= 0.6 is 0 Å². The molecular weight excluding hydrogens is 86.1 g/mol. The Morgan fingerprint density at radius 2 is 2.57 bits per heavy atom. The fraction of sp³-hybridized carbons (Fsp3) is 0.333. The van der Waals surface area contributed by atoms with Crippen molar-refractivity contribution in [3.8, 4) is 6.07 Å². The summed E-state index contributed by atoms with van der Waals surface area (Å²) in [5, 5.41) is 8.17. The highest BCUT2D eigenvalue weighted by atomic mass is 14.2. The highest BCUT2D eigenvalue weighted by molar-refractivity contribution is 5.20. The molecule has 0 spiro atoms. The molecule has 0 unspecified atom stereocenters. The molecule has 7 heavy (non-hydrogen) atoms. The number of hydrogen-bond donors (Lipinski definition) is 0. The molecule has 0 fully saturated rings. The van der Waals surface area contributed by atoms with Crippen molar-refractivity contribution in [2.24, 2.45) is 0 Å². The van der Waals surface area contributed by atoms with Crippen LogP contribution in [0.5, 0.6) is 0 Å². The highest BCUT2D eigenvalue weighted by Gasteiger charge is 1.82. The summed E-state index contributed by atoms with van der Waals surface area (Å²) >= 11 is 0. The lowest BCUT2D eigenvalue weighted by Crippen LogP contribution is -1.69. The molecule has 0 aliphatic heterocycles. The molecular formula is C6H8N. The van der Waals surface area contributed by atoms with E-state index in [4.69, 9.17) is 5.26 Å². The molecule has 0 aromatic heterocycles. The van der Waals surface area contributed by atoms with E-state index in [2.05, 4.69) is 6.92 Å². The molecule has 1 nitrogen and oxygen atoms in total. The fourth-order valence-corrected chi connectivity index (χ4v) is 0.269. The Bertz CT molecular complexity index is 106. The lowest BCUT2D eigenvalue weighted by atomic mass is 10.2. The van der Waals surface area contributed by atoms with Gasteiger partial charge in [-0.3, -0.25) is 0 Å². The number of nitriles is 1. The topological polar surface area (TPSA) is 23.8 Å². The molecule has 0 aromatic carbocycles. The first kappa shape index (κ1) is 6.23. The van der Waals surface area contributed by atoms with Crippen molar-refractivity contribution in [1.29, 1.82) is 5.26 Å². The zero-order valence-electron chi connectivity index (χ0n) is 4.44. The normalized spacial score (nSPS) is 10.7.